The lowest BCUT2D eigenvalue weighted by Gasteiger charge is -2.45. The third-order valence-corrected chi connectivity index (χ3v) is 4.73. The topological polar surface area (TPSA) is 39.1 Å². The van der Waals surface area contributed by atoms with Gasteiger partial charge in [-0.2, -0.15) is 5.26 Å². The first-order chi connectivity index (χ1) is 9.97. The summed E-state index contributed by atoms with van der Waals surface area (Å²) in [5.74, 6) is 0.345. The van der Waals surface area contributed by atoms with Gasteiger partial charge >= 0.3 is 0 Å². The van der Waals surface area contributed by atoms with Gasteiger partial charge in [0.15, 0.2) is 0 Å². The van der Waals surface area contributed by atoms with E-state index in [4.69, 9.17) is 5.26 Å². The molecule has 1 fully saturated rings. The zero-order valence-electron chi connectivity index (χ0n) is 13.1. The van der Waals surface area contributed by atoms with Gasteiger partial charge in [-0.05, 0) is 51.1 Å². The molecular weight excluding hydrogens is 265 g/mol. The molecule has 1 saturated carbocycles. The Hall–Kier alpha value is -1.60. The van der Waals surface area contributed by atoms with Crippen molar-refractivity contribution in [2.24, 2.45) is 5.92 Å². The standard InChI is InChI=1S/C17H24FN3/c1-13-5-4-8-17(10-13,21(2)3)12-20-16-7-6-15(18)9-14(16)11-19/h6-7,9,13,20H,4-5,8,10,12H2,1-3H3. The Balaban J connectivity index is 2.15. The van der Waals surface area contributed by atoms with Crippen LogP contribution in [0.25, 0.3) is 0 Å². The van der Waals surface area contributed by atoms with E-state index < -0.39 is 0 Å². The Morgan fingerprint density at radius 1 is 1.48 bits per heavy atom. The predicted molar refractivity (Wildman–Crippen MR) is 83.7 cm³/mol. The van der Waals surface area contributed by atoms with Crippen LogP contribution >= 0.6 is 0 Å². The minimum atomic E-state index is -0.370. The van der Waals surface area contributed by atoms with Crippen molar-refractivity contribution in [3.8, 4) is 6.07 Å². The number of likely N-dealkylation sites (N-methyl/N-ethyl adjacent to an activating group) is 1. The Kier molecular flexibility index (Phi) is 4.84. The minimum absolute atomic E-state index is 0.110. The average Bonchev–Trinajstić information content (AvgIpc) is 2.45. The maximum Gasteiger partial charge on any atom is 0.124 e. The zero-order valence-corrected chi connectivity index (χ0v) is 13.1. The van der Waals surface area contributed by atoms with E-state index in [1.165, 1.54) is 25.0 Å². The summed E-state index contributed by atoms with van der Waals surface area (Å²) < 4.78 is 13.2. The van der Waals surface area contributed by atoms with E-state index in [1.807, 2.05) is 0 Å². The molecule has 0 radical (unpaired) electrons. The monoisotopic (exact) mass is 289 g/mol. The molecule has 1 aromatic carbocycles. The molecule has 0 amide bonds. The average molecular weight is 289 g/mol. The number of anilines is 1. The van der Waals surface area contributed by atoms with Crippen molar-refractivity contribution in [1.82, 2.24) is 4.90 Å². The van der Waals surface area contributed by atoms with Crippen LogP contribution in [0, 0.1) is 23.1 Å². The maximum absolute atomic E-state index is 13.2. The second kappa shape index (κ2) is 6.44. The highest BCUT2D eigenvalue weighted by atomic mass is 19.1. The van der Waals surface area contributed by atoms with E-state index in [0.717, 1.165) is 25.1 Å². The molecule has 1 aromatic rings. The summed E-state index contributed by atoms with van der Waals surface area (Å²) in [5.41, 5.74) is 1.20. The molecule has 0 saturated heterocycles. The second-order valence-electron chi connectivity index (χ2n) is 6.48. The first-order valence-electron chi connectivity index (χ1n) is 7.58. The quantitative estimate of drug-likeness (QED) is 0.920. The Morgan fingerprint density at radius 3 is 2.86 bits per heavy atom. The van der Waals surface area contributed by atoms with Crippen LogP contribution in [0.1, 0.15) is 38.2 Å². The van der Waals surface area contributed by atoms with Crippen LogP contribution in [0.4, 0.5) is 10.1 Å². The molecule has 1 aliphatic carbocycles. The van der Waals surface area contributed by atoms with Crippen LogP contribution in [0.5, 0.6) is 0 Å². The van der Waals surface area contributed by atoms with Crippen LogP contribution in [-0.2, 0) is 0 Å². The number of hydrogen-bond donors (Lipinski definition) is 1. The molecule has 1 N–H and O–H groups in total. The summed E-state index contributed by atoms with van der Waals surface area (Å²) >= 11 is 0. The van der Waals surface area contributed by atoms with E-state index >= 15 is 0 Å². The van der Waals surface area contributed by atoms with Gasteiger partial charge in [0, 0.05) is 12.1 Å². The van der Waals surface area contributed by atoms with Crippen LogP contribution in [0.2, 0.25) is 0 Å². The summed E-state index contributed by atoms with van der Waals surface area (Å²) in [5, 5.41) is 12.5. The van der Waals surface area contributed by atoms with E-state index in [9.17, 15) is 4.39 Å². The fourth-order valence-corrected chi connectivity index (χ4v) is 3.38. The smallest absolute Gasteiger partial charge is 0.124 e. The van der Waals surface area contributed by atoms with Crippen molar-refractivity contribution in [3.05, 3.63) is 29.6 Å². The van der Waals surface area contributed by atoms with Crippen LogP contribution < -0.4 is 5.32 Å². The molecule has 3 nitrogen and oxygen atoms in total. The van der Waals surface area contributed by atoms with E-state index in [2.05, 4.69) is 37.3 Å². The molecule has 0 bridgehead atoms. The molecule has 0 heterocycles. The molecule has 4 heteroatoms. The van der Waals surface area contributed by atoms with Crippen LogP contribution in [0.3, 0.4) is 0 Å². The molecule has 0 spiro atoms. The highest BCUT2D eigenvalue weighted by molar-refractivity contribution is 5.57. The van der Waals surface area contributed by atoms with Crippen molar-refractivity contribution in [2.75, 3.05) is 26.0 Å². The summed E-state index contributed by atoms with van der Waals surface area (Å²) in [6.45, 7) is 3.08. The first kappa shape index (κ1) is 15.8. The molecule has 2 unspecified atom stereocenters. The first-order valence-corrected chi connectivity index (χ1v) is 7.58. The predicted octanol–water partition coefficient (Wildman–Crippen LogP) is 3.62. The maximum atomic E-state index is 13.2. The zero-order chi connectivity index (χ0) is 15.5. The van der Waals surface area contributed by atoms with Gasteiger partial charge < -0.3 is 10.2 Å². The minimum Gasteiger partial charge on any atom is -0.382 e. The van der Waals surface area contributed by atoms with Gasteiger partial charge in [0.2, 0.25) is 0 Å². The lowest BCUT2D eigenvalue weighted by Crippen LogP contribution is -2.52. The Labute approximate surface area is 126 Å². The van der Waals surface area contributed by atoms with Gasteiger partial charge in [0.25, 0.3) is 0 Å². The number of nitriles is 1. The molecule has 1 aliphatic rings. The SMILES string of the molecule is CC1CCCC(CNc2ccc(F)cc2C#N)(N(C)C)C1. The Bertz CT molecular complexity index is 535. The third-order valence-electron chi connectivity index (χ3n) is 4.73. The van der Waals surface area contributed by atoms with E-state index in [-0.39, 0.29) is 11.4 Å². The molecule has 2 rings (SSSR count). The summed E-state index contributed by atoms with van der Waals surface area (Å²) in [7, 11) is 4.24. The lowest BCUT2D eigenvalue weighted by atomic mass is 9.75. The van der Waals surface area contributed by atoms with Crippen molar-refractivity contribution in [3.63, 3.8) is 0 Å². The number of halogens is 1. The number of benzene rings is 1. The van der Waals surface area contributed by atoms with Crippen LogP contribution in [0.15, 0.2) is 18.2 Å². The summed E-state index contributed by atoms with van der Waals surface area (Å²) in [6, 6.07) is 6.40. The van der Waals surface area contributed by atoms with Gasteiger partial charge in [0.1, 0.15) is 11.9 Å². The largest absolute Gasteiger partial charge is 0.382 e. The fraction of sp³-hybridized carbons (Fsp3) is 0.588. The van der Waals surface area contributed by atoms with Gasteiger partial charge in [-0.25, -0.2) is 4.39 Å². The number of nitrogens with zero attached hydrogens (tertiary/aromatic N) is 2. The molecule has 21 heavy (non-hydrogen) atoms. The van der Waals surface area contributed by atoms with Crippen molar-refractivity contribution in [1.29, 1.82) is 5.26 Å². The highest BCUT2D eigenvalue weighted by Gasteiger charge is 2.36. The normalized spacial score (nSPS) is 25.6. The van der Waals surface area contributed by atoms with Crippen molar-refractivity contribution < 1.29 is 4.39 Å². The highest BCUT2D eigenvalue weighted by Crippen LogP contribution is 2.36. The molecule has 114 valence electrons. The Morgan fingerprint density at radius 2 is 2.24 bits per heavy atom. The third kappa shape index (κ3) is 3.54. The van der Waals surface area contributed by atoms with Gasteiger partial charge in [-0.3, -0.25) is 0 Å². The molecular formula is C17H24FN3. The summed E-state index contributed by atoms with van der Waals surface area (Å²) in [4.78, 5) is 2.30. The fourth-order valence-electron chi connectivity index (χ4n) is 3.38. The number of rotatable bonds is 4. The van der Waals surface area contributed by atoms with E-state index in [0.29, 0.717) is 11.5 Å². The lowest BCUT2D eigenvalue weighted by molar-refractivity contribution is 0.0882. The van der Waals surface area contributed by atoms with Gasteiger partial charge in [-0.15, -0.1) is 0 Å². The van der Waals surface area contributed by atoms with Gasteiger partial charge in [-0.1, -0.05) is 19.8 Å². The molecule has 0 aliphatic heterocycles. The molecule has 0 aromatic heterocycles. The number of nitrogens with one attached hydrogen (secondary N) is 1. The molecule has 2 atom stereocenters. The number of hydrogen-bond acceptors (Lipinski definition) is 3. The van der Waals surface area contributed by atoms with Crippen molar-refractivity contribution in [2.45, 2.75) is 38.1 Å². The second-order valence-corrected chi connectivity index (χ2v) is 6.48. The van der Waals surface area contributed by atoms with E-state index in [1.54, 1.807) is 6.07 Å². The van der Waals surface area contributed by atoms with Crippen molar-refractivity contribution >= 4 is 5.69 Å². The summed E-state index contributed by atoms with van der Waals surface area (Å²) in [6.07, 6.45) is 4.82. The van der Waals surface area contributed by atoms with Crippen LogP contribution in [-0.4, -0.2) is 31.1 Å². The van der Waals surface area contributed by atoms with Gasteiger partial charge in [0.05, 0.1) is 11.3 Å².